The summed E-state index contributed by atoms with van der Waals surface area (Å²) in [6.45, 7) is 0.890. The van der Waals surface area contributed by atoms with E-state index in [0.29, 0.717) is 6.04 Å². The van der Waals surface area contributed by atoms with Gasteiger partial charge in [0.1, 0.15) is 0 Å². The molecule has 78 valence electrons. The van der Waals surface area contributed by atoms with Gasteiger partial charge in [0.25, 0.3) is 0 Å². The second kappa shape index (κ2) is 5.41. The summed E-state index contributed by atoms with van der Waals surface area (Å²) in [7, 11) is 0. The highest BCUT2D eigenvalue weighted by Crippen LogP contribution is 2.17. The maximum atomic E-state index is 4.19. The van der Waals surface area contributed by atoms with Crippen molar-refractivity contribution in [1.82, 2.24) is 14.1 Å². The highest BCUT2D eigenvalue weighted by Gasteiger charge is 2.11. The molecule has 0 aliphatic heterocycles. The van der Waals surface area contributed by atoms with Gasteiger partial charge in [0.2, 0.25) is 0 Å². The number of nitrogens with zero attached hydrogens (tertiary/aromatic N) is 2. The maximum absolute atomic E-state index is 4.19. The molecule has 1 aromatic heterocycles. The molecule has 1 aliphatic rings. The van der Waals surface area contributed by atoms with Crippen LogP contribution in [0.15, 0.2) is 6.20 Å². The molecular formula is C10H17N3S. The first-order chi connectivity index (χ1) is 6.95. The molecule has 0 radical (unpaired) electrons. The normalized spacial score (nSPS) is 19.4. The van der Waals surface area contributed by atoms with Crippen molar-refractivity contribution in [3.05, 3.63) is 11.9 Å². The third-order valence-corrected chi connectivity index (χ3v) is 3.35. The molecule has 1 fully saturated rings. The van der Waals surface area contributed by atoms with Gasteiger partial charge in [0.15, 0.2) is 0 Å². The Morgan fingerprint density at radius 3 is 2.71 bits per heavy atom. The van der Waals surface area contributed by atoms with Crippen LogP contribution in [0.5, 0.6) is 0 Å². The fourth-order valence-electron chi connectivity index (χ4n) is 1.99. The molecule has 14 heavy (non-hydrogen) atoms. The Morgan fingerprint density at radius 2 is 2.07 bits per heavy atom. The molecule has 0 spiro atoms. The fourth-order valence-corrected chi connectivity index (χ4v) is 2.43. The smallest absolute Gasteiger partial charge is 0.0880 e. The Labute approximate surface area is 89.3 Å². The quantitative estimate of drug-likeness (QED) is 0.780. The molecule has 3 nitrogen and oxygen atoms in total. The van der Waals surface area contributed by atoms with Gasteiger partial charge in [-0.2, -0.15) is 8.75 Å². The van der Waals surface area contributed by atoms with E-state index in [1.54, 1.807) is 0 Å². The van der Waals surface area contributed by atoms with Crippen LogP contribution in [-0.4, -0.2) is 14.8 Å². The Kier molecular flexibility index (Phi) is 3.89. The monoisotopic (exact) mass is 211 g/mol. The number of hydrogen-bond acceptors (Lipinski definition) is 4. The van der Waals surface area contributed by atoms with Crippen molar-refractivity contribution in [2.24, 2.45) is 0 Å². The first kappa shape index (κ1) is 10.1. The molecule has 1 heterocycles. The van der Waals surface area contributed by atoms with Crippen molar-refractivity contribution < 1.29 is 0 Å². The van der Waals surface area contributed by atoms with Crippen molar-refractivity contribution >= 4 is 11.7 Å². The average molecular weight is 211 g/mol. The van der Waals surface area contributed by atoms with Gasteiger partial charge in [-0.05, 0) is 12.8 Å². The van der Waals surface area contributed by atoms with Crippen LogP contribution in [0.2, 0.25) is 0 Å². The molecule has 2 rings (SSSR count). The van der Waals surface area contributed by atoms with Gasteiger partial charge < -0.3 is 5.32 Å². The molecule has 0 unspecified atom stereocenters. The standard InChI is InChI=1S/C10H17N3S/c1-2-4-6-9(5-3-1)11-7-10-8-12-14-13-10/h8-9,11H,1-7H2. The zero-order valence-electron chi connectivity index (χ0n) is 8.41. The fraction of sp³-hybridized carbons (Fsp3) is 0.800. The Bertz CT molecular complexity index is 240. The predicted molar refractivity (Wildman–Crippen MR) is 58.2 cm³/mol. The van der Waals surface area contributed by atoms with Crippen molar-refractivity contribution in [1.29, 1.82) is 0 Å². The molecule has 1 aliphatic carbocycles. The predicted octanol–water partition coefficient (Wildman–Crippen LogP) is 2.35. The lowest BCUT2D eigenvalue weighted by atomic mass is 10.1. The van der Waals surface area contributed by atoms with Crippen LogP contribution >= 0.6 is 11.7 Å². The minimum absolute atomic E-state index is 0.708. The minimum Gasteiger partial charge on any atom is -0.308 e. The molecule has 1 saturated carbocycles. The average Bonchev–Trinajstić information content (AvgIpc) is 2.58. The maximum Gasteiger partial charge on any atom is 0.0880 e. The van der Waals surface area contributed by atoms with Gasteiger partial charge in [-0.1, -0.05) is 25.7 Å². The summed E-state index contributed by atoms with van der Waals surface area (Å²) < 4.78 is 8.19. The zero-order valence-corrected chi connectivity index (χ0v) is 9.22. The van der Waals surface area contributed by atoms with Crippen LogP contribution in [0.3, 0.4) is 0 Å². The second-order valence-corrected chi connectivity index (χ2v) is 4.52. The first-order valence-electron chi connectivity index (χ1n) is 5.45. The first-order valence-corrected chi connectivity index (χ1v) is 6.18. The van der Waals surface area contributed by atoms with E-state index in [1.165, 1.54) is 50.3 Å². The van der Waals surface area contributed by atoms with E-state index in [9.17, 15) is 0 Å². The van der Waals surface area contributed by atoms with Crippen molar-refractivity contribution in [2.45, 2.75) is 51.1 Å². The van der Waals surface area contributed by atoms with Crippen LogP contribution < -0.4 is 5.32 Å². The van der Waals surface area contributed by atoms with E-state index in [-0.39, 0.29) is 0 Å². The lowest BCUT2D eigenvalue weighted by Crippen LogP contribution is -2.27. The SMILES string of the molecule is c1nsnc1CNC1CCCCCC1. The van der Waals surface area contributed by atoms with Gasteiger partial charge in [-0.15, -0.1) is 0 Å². The minimum atomic E-state index is 0.708. The van der Waals surface area contributed by atoms with Crippen molar-refractivity contribution in [3.8, 4) is 0 Å². The summed E-state index contributed by atoms with van der Waals surface area (Å²) in [6, 6.07) is 0.708. The van der Waals surface area contributed by atoms with E-state index >= 15 is 0 Å². The van der Waals surface area contributed by atoms with E-state index in [4.69, 9.17) is 0 Å². The third-order valence-electron chi connectivity index (χ3n) is 2.83. The van der Waals surface area contributed by atoms with Crippen LogP contribution in [0, 0.1) is 0 Å². The molecular weight excluding hydrogens is 194 g/mol. The molecule has 0 atom stereocenters. The number of rotatable bonds is 3. The summed E-state index contributed by atoms with van der Waals surface area (Å²) in [5.74, 6) is 0. The van der Waals surface area contributed by atoms with Gasteiger partial charge in [0, 0.05) is 12.6 Å². The van der Waals surface area contributed by atoms with Crippen LogP contribution in [0.25, 0.3) is 0 Å². The molecule has 0 saturated heterocycles. The van der Waals surface area contributed by atoms with Crippen LogP contribution in [0.4, 0.5) is 0 Å². The molecule has 0 aromatic carbocycles. The number of nitrogens with one attached hydrogen (secondary N) is 1. The van der Waals surface area contributed by atoms with E-state index in [1.807, 2.05) is 6.20 Å². The third kappa shape index (κ3) is 3.03. The largest absolute Gasteiger partial charge is 0.308 e. The molecule has 1 N–H and O–H groups in total. The van der Waals surface area contributed by atoms with Gasteiger partial charge in [-0.3, -0.25) is 0 Å². The van der Waals surface area contributed by atoms with E-state index < -0.39 is 0 Å². The van der Waals surface area contributed by atoms with Gasteiger partial charge >= 0.3 is 0 Å². The number of aromatic nitrogens is 2. The summed E-state index contributed by atoms with van der Waals surface area (Å²) in [4.78, 5) is 0. The van der Waals surface area contributed by atoms with Crippen molar-refractivity contribution in [3.63, 3.8) is 0 Å². The summed E-state index contributed by atoms with van der Waals surface area (Å²) in [6.07, 6.45) is 10.1. The molecule has 0 bridgehead atoms. The van der Waals surface area contributed by atoms with E-state index in [0.717, 1.165) is 12.2 Å². The Balaban J connectivity index is 1.73. The van der Waals surface area contributed by atoms with Crippen LogP contribution in [0.1, 0.15) is 44.2 Å². The Hall–Kier alpha value is -0.480. The highest BCUT2D eigenvalue weighted by molar-refractivity contribution is 6.99. The lowest BCUT2D eigenvalue weighted by Gasteiger charge is -2.14. The van der Waals surface area contributed by atoms with E-state index in [2.05, 4.69) is 14.1 Å². The molecule has 0 amide bonds. The van der Waals surface area contributed by atoms with Gasteiger partial charge in [0.05, 0.1) is 23.6 Å². The second-order valence-electron chi connectivity index (χ2n) is 3.97. The van der Waals surface area contributed by atoms with Crippen molar-refractivity contribution in [2.75, 3.05) is 0 Å². The molecule has 1 aromatic rings. The molecule has 4 heteroatoms. The van der Waals surface area contributed by atoms with Crippen LogP contribution in [-0.2, 0) is 6.54 Å². The Morgan fingerprint density at radius 1 is 1.29 bits per heavy atom. The summed E-state index contributed by atoms with van der Waals surface area (Å²) in [5, 5.41) is 3.57. The topological polar surface area (TPSA) is 37.8 Å². The van der Waals surface area contributed by atoms with Gasteiger partial charge in [-0.25, -0.2) is 0 Å². The zero-order chi connectivity index (χ0) is 9.64. The summed E-state index contributed by atoms with van der Waals surface area (Å²) in [5.41, 5.74) is 1.08. The number of hydrogen-bond donors (Lipinski definition) is 1. The summed E-state index contributed by atoms with van der Waals surface area (Å²) >= 11 is 1.29. The lowest BCUT2D eigenvalue weighted by molar-refractivity contribution is 0.457. The highest BCUT2D eigenvalue weighted by atomic mass is 32.1.